The summed E-state index contributed by atoms with van der Waals surface area (Å²) in [5, 5.41) is 0. The van der Waals surface area contributed by atoms with Crippen molar-refractivity contribution in [3.8, 4) is 0 Å². The zero-order valence-electron chi connectivity index (χ0n) is 12.2. The van der Waals surface area contributed by atoms with E-state index in [1.165, 1.54) is 0 Å². The van der Waals surface area contributed by atoms with Gasteiger partial charge in [-0.3, -0.25) is 0 Å². The number of carbonyl (C=O) groups is 2. The molecule has 0 fully saturated rings. The van der Waals surface area contributed by atoms with Gasteiger partial charge in [0, 0.05) is 17.7 Å². The minimum absolute atomic E-state index is 0.270. The third-order valence-electron chi connectivity index (χ3n) is 1.78. The summed E-state index contributed by atoms with van der Waals surface area (Å²) in [5.41, 5.74) is 5.94. The Bertz CT molecular complexity index is 311. The monoisotopic (exact) mass is 271 g/mol. The van der Waals surface area contributed by atoms with E-state index in [-0.39, 0.29) is 18.5 Å². The quantitative estimate of drug-likeness (QED) is 0.435. The van der Waals surface area contributed by atoms with Gasteiger partial charge < -0.3 is 15.2 Å². The minimum Gasteiger partial charge on any atom is -0.462 e. The van der Waals surface area contributed by atoms with E-state index < -0.39 is 0 Å². The number of hydrogen-bond donors (Lipinski definition) is 1. The molecule has 0 aromatic heterocycles. The van der Waals surface area contributed by atoms with Crippen molar-refractivity contribution in [3.63, 3.8) is 0 Å². The average Bonchev–Trinajstić information content (AvgIpc) is 2.36. The van der Waals surface area contributed by atoms with E-state index in [2.05, 4.69) is 24.8 Å². The number of carbonyl (C=O) groups excluding carboxylic acids is 2. The van der Waals surface area contributed by atoms with Gasteiger partial charge in [0.1, 0.15) is 6.61 Å². The highest BCUT2D eigenvalue weighted by Gasteiger charge is 2.00. The lowest BCUT2D eigenvalue weighted by Crippen LogP contribution is -2.13. The second-order valence-electron chi connectivity index (χ2n) is 3.97. The van der Waals surface area contributed by atoms with Crippen molar-refractivity contribution < 1.29 is 19.1 Å². The van der Waals surface area contributed by atoms with Crippen LogP contribution in [0.15, 0.2) is 24.3 Å². The molecule has 0 atom stereocenters. The van der Waals surface area contributed by atoms with Gasteiger partial charge in [0.05, 0.1) is 6.61 Å². The standard InChI is InChI=1S/C8H14O2.C6H11NO2/c1-4-5-6-10-8(9)7(2)3;1-5(2)6(8)9-4-3-7/h2,4-6H2,1,3H3;1,3-4,7H2,2H3. The topological polar surface area (TPSA) is 78.6 Å². The minimum atomic E-state index is -0.375. The summed E-state index contributed by atoms with van der Waals surface area (Å²) in [6, 6.07) is 0. The number of ether oxygens (including phenoxy) is 2. The Balaban J connectivity index is 0. The molecule has 5 heteroatoms. The molecule has 0 unspecified atom stereocenters. The van der Waals surface area contributed by atoms with E-state index in [9.17, 15) is 9.59 Å². The summed E-state index contributed by atoms with van der Waals surface area (Å²) in [6.07, 6.45) is 1.97. The molecule has 110 valence electrons. The molecule has 0 saturated heterocycles. The molecule has 0 aliphatic carbocycles. The highest BCUT2D eigenvalue weighted by atomic mass is 16.5. The van der Waals surface area contributed by atoms with Gasteiger partial charge in [-0.15, -0.1) is 0 Å². The first-order valence-corrected chi connectivity index (χ1v) is 6.22. The molecule has 0 saturated carbocycles. The van der Waals surface area contributed by atoms with Crippen molar-refractivity contribution >= 4 is 11.9 Å². The van der Waals surface area contributed by atoms with Gasteiger partial charge in [0.25, 0.3) is 0 Å². The summed E-state index contributed by atoms with van der Waals surface area (Å²) < 4.78 is 9.39. The van der Waals surface area contributed by atoms with Crippen LogP contribution in [0, 0.1) is 0 Å². The first kappa shape index (κ1) is 19.7. The summed E-state index contributed by atoms with van der Waals surface area (Å²) in [4.78, 5) is 21.2. The van der Waals surface area contributed by atoms with E-state index >= 15 is 0 Å². The molecule has 2 N–H and O–H groups in total. The van der Waals surface area contributed by atoms with Crippen molar-refractivity contribution in [1.29, 1.82) is 0 Å². The molecule has 5 nitrogen and oxygen atoms in total. The van der Waals surface area contributed by atoms with Gasteiger partial charge >= 0.3 is 11.9 Å². The van der Waals surface area contributed by atoms with Crippen LogP contribution in [0.25, 0.3) is 0 Å². The lowest BCUT2D eigenvalue weighted by atomic mass is 10.3. The van der Waals surface area contributed by atoms with Crippen LogP contribution in [0.3, 0.4) is 0 Å². The molecule has 0 aliphatic heterocycles. The zero-order chi connectivity index (χ0) is 15.3. The molecular weight excluding hydrogens is 246 g/mol. The lowest BCUT2D eigenvalue weighted by Gasteiger charge is -2.01. The molecular formula is C14H25NO4. The van der Waals surface area contributed by atoms with Gasteiger partial charge in [-0.25, -0.2) is 9.59 Å². The second-order valence-corrected chi connectivity index (χ2v) is 3.97. The van der Waals surface area contributed by atoms with E-state index in [4.69, 9.17) is 10.5 Å². The summed E-state index contributed by atoms with van der Waals surface area (Å²) in [7, 11) is 0. The van der Waals surface area contributed by atoms with Crippen molar-refractivity contribution in [2.24, 2.45) is 5.73 Å². The first-order chi connectivity index (χ1) is 8.86. The maximum atomic E-state index is 10.7. The summed E-state index contributed by atoms with van der Waals surface area (Å²) in [5.74, 6) is -0.658. The van der Waals surface area contributed by atoms with E-state index in [0.29, 0.717) is 24.3 Å². The Labute approximate surface area is 115 Å². The predicted octanol–water partition coefficient (Wildman–Crippen LogP) is 1.97. The summed E-state index contributed by atoms with van der Waals surface area (Å²) >= 11 is 0. The SMILES string of the molecule is C=C(C)C(=O)OCCCC.C=C(C)C(=O)OCCN. The van der Waals surface area contributed by atoms with Crippen LogP contribution in [0.5, 0.6) is 0 Å². The fourth-order valence-electron chi connectivity index (χ4n) is 0.707. The molecule has 0 spiro atoms. The maximum Gasteiger partial charge on any atom is 0.333 e. The molecule has 0 bridgehead atoms. The van der Waals surface area contributed by atoms with Crippen molar-refractivity contribution in [2.45, 2.75) is 33.6 Å². The summed E-state index contributed by atoms with van der Waals surface area (Å²) in [6.45, 7) is 13.3. The van der Waals surface area contributed by atoms with Gasteiger partial charge in [0.2, 0.25) is 0 Å². The molecule has 0 aromatic carbocycles. The molecule has 0 amide bonds. The second kappa shape index (κ2) is 12.8. The van der Waals surface area contributed by atoms with Gasteiger partial charge in [0.15, 0.2) is 0 Å². The zero-order valence-corrected chi connectivity index (χ0v) is 12.2. The number of nitrogens with two attached hydrogens (primary N) is 1. The van der Waals surface area contributed by atoms with E-state index in [0.717, 1.165) is 12.8 Å². The first-order valence-electron chi connectivity index (χ1n) is 6.22. The fraction of sp³-hybridized carbons (Fsp3) is 0.571. The Hall–Kier alpha value is -1.62. The van der Waals surface area contributed by atoms with Crippen LogP contribution in [0.2, 0.25) is 0 Å². The highest BCUT2D eigenvalue weighted by Crippen LogP contribution is 1.94. The highest BCUT2D eigenvalue weighted by molar-refractivity contribution is 5.87. The Morgan fingerprint density at radius 1 is 1.00 bits per heavy atom. The normalized spacial score (nSPS) is 8.84. The number of unbranched alkanes of at least 4 members (excludes halogenated alkanes) is 1. The lowest BCUT2D eigenvalue weighted by molar-refractivity contribution is -0.139. The van der Waals surface area contributed by atoms with Crippen LogP contribution in [-0.2, 0) is 19.1 Å². The molecule has 19 heavy (non-hydrogen) atoms. The van der Waals surface area contributed by atoms with Gasteiger partial charge in [-0.2, -0.15) is 0 Å². The van der Waals surface area contributed by atoms with E-state index in [1.54, 1.807) is 13.8 Å². The maximum absolute atomic E-state index is 10.7. The average molecular weight is 271 g/mol. The third-order valence-corrected chi connectivity index (χ3v) is 1.78. The van der Waals surface area contributed by atoms with Crippen molar-refractivity contribution in [1.82, 2.24) is 0 Å². The third kappa shape index (κ3) is 14.3. The molecule has 0 heterocycles. The van der Waals surface area contributed by atoms with Crippen LogP contribution in [0.1, 0.15) is 33.6 Å². The Morgan fingerprint density at radius 3 is 1.74 bits per heavy atom. The van der Waals surface area contributed by atoms with Gasteiger partial charge in [-0.1, -0.05) is 26.5 Å². The number of rotatable bonds is 7. The van der Waals surface area contributed by atoms with Crippen molar-refractivity contribution in [2.75, 3.05) is 19.8 Å². The largest absolute Gasteiger partial charge is 0.462 e. The predicted molar refractivity (Wildman–Crippen MR) is 75.5 cm³/mol. The van der Waals surface area contributed by atoms with Crippen LogP contribution in [-0.4, -0.2) is 31.7 Å². The van der Waals surface area contributed by atoms with Crippen molar-refractivity contribution in [3.05, 3.63) is 24.3 Å². The Morgan fingerprint density at radius 2 is 1.42 bits per heavy atom. The van der Waals surface area contributed by atoms with Gasteiger partial charge in [-0.05, 0) is 20.3 Å². The van der Waals surface area contributed by atoms with Crippen LogP contribution >= 0.6 is 0 Å². The smallest absolute Gasteiger partial charge is 0.333 e. The fourth-order valence-corrected chi connectivity index (χ4v) is 0.707. The number of hydrogen-bond acceptors (Lipinski definition) is 5. The van der Waals surface area contributed by atoms with Crippen LogP contribution < -0.4 is 5.73 Å². The number of esters is 2. The Kier molecular flexibility index (Phi) is 13.3. The molecule has 0 rings (SSSR count). The molecule has 0 aromatic rings. The molecule has 0 aliphatic rings. The molecule has 0 radical (unpaired) electrons. The van der Waals surface area contributed by atoms with E-state index in [1.807, 2.05) is 0 Å². The van der Waals surface area contributed by atoms with Crippen LogP contribution in [0.4, 0.5) is 0 Å².